The third-order valence-corrected chi connectivity index (χ3v) is 2.61. The van der Waals surface area contributed by atoms with Gasteiger partial charge >= 0.3 is 0 Å². The summed E-state index contributed by atoms with van der Waals surface area (Å²) in [6.07, 6.45) is 1.26. The first-order valence-corrected chi connectivity index (χ1v) is 5.30. The second-order valence-electron chi connectivity index (χ2n) is 3.79. The molecule has 0 saturated carbocycles. The lowest BCUT2D eigenvalue weighted by molar-refractivity contribution is -0.116. The highest BCUT2D eigenvalue weighted by Crippen LogP contribution is 2.31. The Hall–Kier alpha value is -1.51. The van der Waals surface area contributed by atoms with Crippen molar-refractivity contribution in [3.05, 3.63) is 23.3 Å². The zero-order valence-corrected chi connectivity index (χ0v) is 10.3. The lowest BCUT2D eigenvalue weighted by Gasteiger charge is -2.13. The Kier molecular flexibility index (Phi) is 4.35. The molecule has 3 nitrogen and oxygen atoms in total. The summed E-state index contributed by atoms with van der Waals surface area (Å²) < 4.78 is 10.6. The van der Waals surface area contributed by atoms with Crippen molar-refractivity contribution < 1.29 is 14.3 Å². The van der Waals surface area contributed by atoms with E-state index in [0.717, 1.165) is 22.6 Å². The van der Waals surface area contributed by atoms with Crippen LogP contribution in [0.15, 0.2) is 12.1 Å². The molecule has 0 aliphatic heterocycles. The highest BCUT2D eigenvalue weighted by atomic mass is 16.5. The summed E-state index contributed by atoms with van der Waals surface area (Å²) in [7, 11) is 3.27. The Bertz CT molecular complexity index is 383. The Balaban J connectivity index is 3.01. The minimum absolute atomic E-state index is 0.190. The van der Waals surface area contributed by atoms with Gasteiger partial charge in [0.2, 0.25) is 0 Å². The van der Waals surface area contributed by atoms with Gasteiger partial charge in [0.1, 0.15) is 17.3 Å². The number of carbonyl (C=O) groups is 1. The molecular formula is C13H18O3. The van der Waals surface area contributed by atoms with Crippen molar-refractivity contribution in [2.75, 3.05) is 14.2 Å². The number of aryl methyl sites for hydroxylation is 1. The minimum atomic E-state index is 0.190. The van der Waals surface area contributed by atoms with Crippen molar-refractivity contribution in [2.45, 2.75) is 26.7 Å². The molecule has 0 aliphatic carbocycles. The van der Waals surface area contributed by atoms with Gasteiger partial charge in [-0.2, -0.15) is 0 Å². The topological polar surface area (TPSA) is 35.5 Å². The Labute approximate surface area is 96.4 Å². The summed E-state index contributed by atoms with van der Waals surface area (Å²) in [5.74, 6) is 1.82. The lowest BCUT2D eigenvalue weighted by Crippen LogP contribution is -2.00. The first-order valence-electron chi connectivity index (χ1n) is 5.30. The van der Waals surface area contributed by atoms with Crippen LogP contribution >= 0.6 is 0 Å². The summed E-state index contributed by atoms with van der Waals surface area (Å²) in [5.41, 5.74) is 2.03. The molecule has 0 N–H and O–H groups in total. The summed E-state index contributed by atoms with van der Waals surface area (Å²) >= 11 is 0. The number of carbonyl (C=O) groups excluding carboxylic acids is 1. The van der Waals surface area contributed by atoms with Crippen molar-refractivity contribution in [3.63, 3.8) is 0 Å². The SMILES string of the molecule is COc1ccc(CCC(C)=O)c(OC)c1C. The molecule has 1 rings (SSSR count). The zero-order valence-electron chi connectivity index (χ0n) is 10.3. The van der Waals surface area contributed by atoms with Crippen LogP contribution in [0.4, 0.5) is 0 Å². The summed E-state index contributed by atoms with van der Waals surface area (Å²) in [5, 5.41) is 0. The third kappa shape index (κ3) is 2.75. The van der Waals surface area contributed by atoms with Gasteiger partial charge in [0.15, 0.2) is 0 Å². The molecule has 0 heterocycles. The maximum absolute atomic E-state index is 11.0. The van der Waals surface area contributed by atoms with E-state index in [2.05, 4.69) is 0 Å². The Morgan fingerprint density at radius 3 is 2.44 bits per heavy atom. The predicted octanol–water partition coefficient (Wildman–Crippen LogP) is 2.53. The summed E-state index contributed by atoms with van der Waals surface area (Å²) in [6.45, 7) is 3.55. The van der Waals surface area contributed by atoms with E-state index in [1.165, 1.54) is 0 Å². The van der Waals surface area contributed by atoms with Crippen LogP contribution in [-0.2, 0) is 11.2 Å². The van der Waals surface area contributed by atoms with Crippen LogP contribution in [0.1, 0.15) is 24.5 Å². The predicted molar refractivity (Wildman–Crippen MR) is 63.3 cm³/mol. The highest BCUT2D eigenvalue weighted by molar-refractivity contribution is 5.75. The fraction of sp³-hybridized carbons (Fsp3) is 0.462. The van der Waals surface area contributed by atoms with Gasteiger partial charge in [0, 0.05) is 12.0 Å². The average molecular weight is 222 g/mol. The molecule has 0 amide bonds. The molecule has 0 saturated heterocycles. The minimum Gasteiger partial charge on any atom is -0.496 e. The molecule has 0 spiro atoms. The molecule has 0 bridgehead atoms. The Morgan fingerprint density at radius 1 is 1.25 bits per heavy atom. The molecule has 88 valence electrons. The van der Waals surface area contributed by atoms with Crippen LogP contribution in [0.25, 0.3) is 0 Å². The van der Waals surface area contributed by atoms with E-state index in [1.54, 1.807) is 21.1 Å². The maximum Gasteiger partial charge on any atom is 0.130 e. The number of hydrogen-bond donors (Lipinski definition) is 0. The van der Waals surface area contributed by atoms with Gasteiger partial charge in [-0.3, -0.25) is 0 Å². The van der Waals surface area contributed by atoms with Gasteiger partial charge in [-0.25, -0.2) is 0 Å². The van der Waals surface area contributed by atoms with E-state index in [-0.39, 0.29) is 5.78 Å². The van der Waals surface area contributed by atoms with Crippen LogP contribution in [-0.4, -0.2) is 20.0 Å². The molecular weight excluding hydrogens is 204 g/mol. The second-order valence-corrected chi connectivity index (χ2v) is 3.79. The molecule has 0 atom stereocenters. The van der Waals surface area contributed by atoms with E-state index in [4.69, 9.17) is 9.47 Å². The number of benzene rings is 1. The third-order valence-electron chi connectivity index (χ3n) is 2.61. The van der Waals surface area contributed by atoms with Gasteiger partial charge in [-0.1, -0.05) is 6.07 Å². The van der Waals surface area contributed by atoms with Crippen LogP contribution in [0.5, 0.6) is 11.5 Å². The van der Waals surface area contributed by atoms with Crippen molar-refractivity contribution in [3.8, 4) is 11.5 Å². The zero-order chi connectivity index (χ0) is 12.1. The van der Waals surface area contributed by atoms with E-state index in [1.807, 2.05) is 19.1 Å². The standard InChI is InChI=1S/C13H18O3/c1-9(14)5-6-11-7-8-12(15-3)10(2)13(11)16-4/h7-8H,5-6H2,1-4H3. The second kappa shape index (κ2) is 5.54. The molecule has 0 unspecified atom stereocenters. The van der Waals surface area contributed by atoms with Crippen LogP contribution < -0.4 is 9.47 Å². The molecule has 1 aromatic rings. The van der Waals surface area contributed by atoms with Crippen molar-refractivity contribution in [1.29, 1.82) is 0 Å². The average Bonchev–Trinajstić information content (AvgIpc) is 2.26. The number of methoxy groups -OCH3 is 2. The first kappa shape index (κ1) is 12.6. The smallest absolute Gasteiger partial charge is 0.130 e. The van der Waals surface area contributed by atoms with Crippen LogP contribution in [0.3, 0.4) is 0 Å². The fourth-order valence-corrected chi connectivity index (χ4v) is 1.74. The van der Waals surface area contributed by atoms with E-state index in [0.29, 0.717) is 12.8 Å². The molecule has 0 fully saturated rings. The first-order chi connectivity index (χ1) is 7.60. The molecule has 0 aliphatic rings. The Morgan fingerprint density at radius 2 is 1.94 bits per heavy atom. The van der Waals surface area contributed by atoms with Gasteiger partial charge in [-0.05, 0) is 31.9 Å². The van der Waals surface area contributed by atoms with Crippen molar-refractivity contribution in [2.24, 2.45) is 0 Å². The van der Waals surface area contributed by atoms with Gasteiger partial charge in [-0.15, -0.1) is 0 Å². The van der Waals surface area contributed by atoms with Crippen LogP contribution in [0, 0.1) is 6.92 Å². The van der Waals surface area contributed by atoms with Gasteiger partial charge in [0.25, 0.3) is 0 Å². The number of ether oxygens (including phenoxy) is 2. The molecule has 16 heavy (non-hydrogen) atoms. The monoisotopic (exact) mass is 222 g/mol. The van der Waals surface area contributed by atoms with Gasteiger partial charge in [0.05, 0.1) is 14.2 Å². The molecule has 1 aromatic carbocycles. The van der Waals surface area contributed by atoms with Crippen molar-refractivity contribution >= 4 is 5.78 Å². The van der Waals surface area contributed by atoms with E-state index < -0.39 is 0 Å². The number of hydrogen-bond acceptors (Lipinski definition) is 3. The quantitative estimate of drug-likeness (QED) is 0.768. The molecule has 0 radical (unpaired) electrons. The normalized spacial score (nSPS) is 10.0. The number of ketones is 1. The van der Waals surface area contributed by atoms with E-state index in [9.17, 15) is 4.79 Å². The number of rotatable bonds is 5. The fourth-order valence-electron chi connectivity index (χ4n) is 1.74. The summed E-state index contributed by atoms with van der Waals surface area (Å²) in [4.78, 5) is 11.0. The van der Waals surface area contributed by atoms with Crippen molar-refractivity contribution in [1.82, 2.24) is 0 Å². The van der Waals surface area contributed by atoms with Gasteiger partial charge < -0.3 is 14.3 Å². The molecule has 0 aromatic heterocycles. The highest BCUT2D eigenvalue weighted by Gasteiger charge is 2.11. The molecule has 3 heteroatoms. The van der Waals surface area contributed by atoms with E-state index >= 15 is 0 Å². The van der Waals surface area contributed by atoms with Crippen LogP contribution in [0.2, 0.25) is 0 Å². The largest absolute Gasteiger partial charge is 0.496 e. The number of Topliss-reactive ketones (excluding diaryl/α,β-unsaturated/α-hetero) is 1. The maximum atomic E-state index is 11.0. The lowest BCUT2D eigenvalue weighted by atomic mass is 10.0. The summed E-state index contributed by atoms with van der Waals surface area (Å²) in [6, 6.07) is 3.86.